The van der Waals surface area contributed by atoms with Gasteiger partial charge in [0.1, 0.15) is 5.57 Å². The fraction of sp³-hybridized carbons (Fsp3) is 0.231. The van der Waals surface area contributed by atoms with Crippen molar-refractivity contribution in [2.75, 3.05) is 0 Å². The van der Waals surface area contributed by atoms with Gasteiger partial charge in [0.2, 0.25) is 0 Å². The molecular weight excluding hydrogens is 462 g/mol. The van der Waals surface area contributed by atoms with Crippen molar-refractivity contribution in [3.8, 4) is 0 Å². The first-order chi connectivity index (χ1) is 9.19. The molecule has 4 nitrogen and oxygen atoms in total. The summed E-state index contributed by atoms with van der Waals surface area (Å²) >= 11 is 11.5. The number of hydrogen-bond donors (Lipinski definition) is 0. The zero-order valence-corrected chi connectivity index (χ0v) is 15.0. The van der Waals surface area contributed by atoms with Gasteiger partial charge < -0.3 is 9.47 Å². The smallest absolute Gasteiger partial charge is 0.348 e. The van der Waals surface area contributed by atoms with E-state index in [0.717, 1.165) is 8.04 Å². The standard InChI is InChI=1S/C13H9BrClIO4/c1-13(2)19-11(17)8(12(18)20-13)4-6-3-7(15)5-9(16)10(6)14/h3-5H,1-2H3. The van der Waals surface area contributed by atoms with Crippen LogP contribution in [0.4, 0.5) is 0 Å². The van der Waals surface area contributed by atoms with Crippen molar-refractivity contribution in [3.05, 3.63) is 36.3 Å². The number of benzene rings is 1. The van der Waals surface area contributed by atoms with Gasteiger partial charge in [-0.15, -0.1) is 0 Å². The van der Waals surface area contributed by atoms with E-state index in [0.29, 0.717) is 10.6 Å². The van der Waals surface area contributed by atoms with Gasteiger partial charge in [0.25, 0.3) is 5.79 Å². The number of halogens is 3. The number of esters is 2. The minimum absolute atomic E-state index is 0.164. The molecule has 1 aromatic carbocycles. The average molecular weight is 471 g/mol. The van der Waals surface area contributed by atoms with Gasteiger partial charge >= 0.3 is 11.9 Å². The highest BCUT2D eigenvalue weighted by Gasteiger charge is 2.38. The van der Waals surface area contributed by atoms with Crippen molar-refractivity contribution < 1.29 is 19.1 Å². The number of rotatable bonds is 1. The number of carbonyl (C=O) groups is 2. The molecule has 1 aromatic rings. The number of carbonyl (C=O) groups excluding carboxylic acids is 2. The first-order valence-electron chi connectivity index (χ1n) is 5.52. The van der Waals surface area contributed by atoms with Gasteiger partial charge in [-0.3, -0.25) is 0 Å². The fourth-order valence-corrected chi connectivity index (χ4v) is 3.02. The zero-order chi connectivity index (χ0) is 15.1. The molecule has 0 unspecified atom stereocenters. The van der Waals surface area contributed by atoms with E-state index in [1.165, 1.54) is 19.9 Å². The third kappa shape index (κ3) is 3.35. The molecule has 106 valence electrons. The molecule has 7 heteroatoms. The molecule has 0 spiro atoms. The lowest BCUT2D eigenvalue weighted by Gasteiger charge is -2.29. The average Bonchev–Trinajstić information content (AvgIpc) is 2.28. The Bertz CT molecular complexity index is 618. The number of cyclic esters (lactones) is 2. The molecule has 0 N–H and O–H groups in total. The maximum Gasteiger partial charge on any atom is 0.348 e. The summed E-state index contributed by atoms with van der Waals surface area (Å²) in [7, 11) is 0. The molecule has 0 atom stereocenters. The van der Waals surface area contributed by atoms with E-state index in [1.54, 1.807) is 12.1 Å². The lowest BCUT2D eigenvalue weighted by Crippen LogP contribution is -2.41. The quantitative estimate of drug-likeness (QED) is 0.205. The Morgan fingerprint density at radius 3 is 2.35 bits per heavy atom. The van der Waals surface area contributed by atoms with E-state index >= 15 is 0 Å². The number of ether oxygens (including phenoxy) is 2. The molecular formula is C13H9BrClIO4. The highest BCUT2D eigenvalue weighted by atomic mass is 127. The van der Waals surface area contributed by atoms with Crippen molar-refractivity contribution in [1.29, 1.82) is 0 Å². The minimum atomic E-state index is -1.24. The van der Waals surface area contributed by atoms with E-state index in [-0.39, 0.29) is 5.57 Å². The van der Waals surface area contributed by atoms with Gasteiger partial charge in [0.15, 0.2) is 0 Å². The largest absolute Gasteiger partial charge is 0.419 e. The first kappa shape index (κ1) is 15.8. The summed E-state index contributed by atoms with van der Waals surface area (Å²) in [6.45, 7) is 3.00. The van der Waals surface area contributed by atoms with Crippen LogP contribution in [0.25, 0.3) is 6.08 Å². The second-order valence-corrected chi connectivity index (χ2v) is 6.92. The Balaban J connectivity index is 2.46. The Morgan fingerprint density at radius 2 is 1.80 bits per heavy atom. The summed E-state index contributed by atoms with van der Waals surface area (Å²) in [5.41, 5.74) is 0.439. The Labute approximate surface area is 142 Å². The van der Waals surface area contributed by atoms with E-state index in [1.807, 2.05) is 0 Å². The van der Waals surface area contributed by atoms with Crippen LogP contribution in [-0.4, -0.2) is 17.7 Å². The fourth-order valence-electron chi connectivity index (χ4n) is 1.61. The van der Waals surface area contributed by atoms with Gasteiger partial charge in [-0.25, -0.2) is 9.59 Å². The van der Waals surface area contributed by atoms with Gasteiger partial charge in [0, 0.05) is 26.9 Å². The van der Waals surface area contributed by atoms with Crippen LogP contribution in [0.3, 0.4) is 0 Å². The summed E-state index contributed by atoms with van der Waals surface area (Å²) in [6.07, 6.45) is 1.40. The van der Waals surface area contributed by atoms with Crippen LogP contribution in [-0.2, 0) is 19.1 Å². The predicted octanol–water partition coefficient (Wildman–Crippen LogP) is 3.93. The van der Waals surface area contributed by atoms with E-state index in [4.69, 9.17) is 21.1 Å². The second kappa shape index (κ2) is 5.65. The van der Waals surface area contributed by atoms with Gasteiger partial charge in [-0.2, -0.15) is 0 Å². The van der Waals surface area contributed by atoms with Crippen LogP contribution in [0.2, 0.25) is 5.02 Å². The Hall–Kier alpha value is -0.600. The van der Waals surface area contributed by atoms with Crippen LogP contribution in [0, 0.1) is 3.57 Å². The van der Waals surface area contributed by atoms with Crippen LogP contribution in [0.15, 0.2) is 22.2 Å². The van der Waals surface area contributed by atoms with Crippen LogP contribution >= 0.6 is 50.1 Å². The van der Waals surface area contributed by atoms with Gasteiger partial charge in [-0.1, -0.05) is 11.6 Å². The summed E-state index contributed by atoms with van der Waals surface area (Å²) < 4.78 is 11.7. The summed E-state index contributed by atoms with van der Waals surface area (Å²) in [6, 6.07) is 3.40. The molecule has 0 saturated carbocycles. The van der Waals surface area contributed by atoms with E-state index < -0.39 is 17.7 Å². The lowest BCUT2D eigenvalue weighted by atomic mass is 10.1. The summed E-state index contributed by atoms with van der Waals surface area (Å²) in [4.78, 5) is 23.7. The molecule has 0 aliphatic carbocycles. The molecule has 0 radical (unpaired) electrons. The Kier molecular flexibility index (Phi) is 4.46. The van der Waals surface area contributed by atoms with Gasteiger partial charge in [0.05, 0.1) is 0 Å². The highest BCUT2D eigenvalue weighted by molar-refractivity contribution is 14.1. The maximum absolute atomic E-state index is 11.9. The van der Waals surface area contributed by atoms with Crippen molar-refractivity contribution in [2.24, 2.45) is 0 Å². The monoisotopic (exact) mass is 470 g/mol. The second-order valence-electron chi connectivity index (χ2n) is 4.53. The maximum atomic E-state index is 11.9. The molecule has 0 aromatic heterocycles. The molecule has 1 fully saturated rings. The zero-order valence-electron chi connectivity index (χ0n) is 10.5. The third-order valence-electron chi connectivity index (χ3n) is 2.44. The van der Waals surface area contributed by atoms with Crippen molar-refractivity contribution in [1.82, 2.24) is 0 Å². The molecule has 1 aliphatic rings. The molecule has 2 rings (SSSR count). The minimum Gasteiger partial charge on any atom is -0.419 e. The molecule has 1 aliphatic heterocycles. The van der Waals surface area contributed by atoms with Gasteiger partial charge in [-0.05, 0) is 62.3 Å². The summed E-state index contributed by atoms with van der Waals surface area (Å²) in [5, 5.41) is 0.502. The predicted molar refractivity (Wildman–Crippen MR) is 86.1 cm³/mol. The highest BCUT2D eigenvalue weighted by Crippen LogP contribution is 2.31. The topological polar surface area (TPSA) is 52.6 Å². The molecule has 1 saturated heterocycles. The van der Waals surface area contributed by atoms with Crippen LogP contribution in [0.1, 0.15) is 19.4 Å². The molecule has 0 amide bonds. The third-order valence-corrected chi connectivity index (χ3v) is 5.13. The number of hydrogen-bond acceptors (Lipinski definition) is 4. The van der Waals surface area contributed by atoms with E-state index in [2.05, 4.69) is 38.5 Å². The molecule has 1 heterocycles. The van der Waals surface area contributed by atoms with Crippen LogP contribution in [0.5, 0.6) is 0 Å². The normalized spacial score (nSPS) is 17.6. The van der Waals surface area contributed by atoms with Crippen molar-refractivity contribution in [3.63, 3.8) is 0 Å². The SMILES string of the molecule is CC1(C)OC(=O)C(=Cc2cc(Cl)cc(I)c2Br)C(=O)O1. The summed E-state index contributed by atoms with van der Waals surface area (Å²) in [5.74, 6) is -2.67. The van der Waals surface area contributed by atoms with E-state index in [9.17, 15) is 9.59 Å². The molecule has 20 heavy (non-hydrogen) atoms. The Morgan fingerprint density at radius 1 is 1.25 bits per heavy atom. The first-order valence-corrected chi connectivity index (χ1v) is 7.77. The van der Waals surface area contributed by atoms with Crippen molar-refractivity contribution >= 4 is 68.1 Å². The molecule has 0 bridgehead atoms. The lowest BCUT2D eigenvalue weighted by molar-refractivity contribution is -0.222. The van der Waals surface area contributed by atoms with Crippen LogP contribution < -0.4 is 0 Å². The van der Waals surface area contributed by atoms with Crippen molar-refractivity contribution in [2.45, 2.75) is 19.6 Å².